The number of aromatic nitrogens is 2. The zero-order valence-corrected chi connectivity index (χ0v) is 18.9. The Kier molecular flexibility index (Phi) is 6.08. The van der Waals surface area contributed by atoms with Crippen LogP contribution in [0.25, 0.3) is 0 Å². The molecule has 170 valence electrons. The summed E-state index contributed by atoms with van der Waals surface area (Å²) < 4.78 is 1.53. The first kappa shape index (κ1) is 21.8. The Balaban J connectivity index is 1.47. The quantitative estimate of drug-likeness (QED) is 0.769. The molecule has 0 aromatic carbocycles. The first-order chi connectivity index (χ1) is 14.8. The van der Waals surface area contributed by atoms with E-state index >= 15 is 0 Å². The molecule has 0 saturated heterocycles. The molecule has 2 N–H and O–H groups in total. The minimum Gasteiger partial charge on any atom is -0.351 e. The monoisotopic (exact) mass is 429 g/mol. The normalized spacial score (nSPS) is 29.4. The molecule has 3 aliphatic rings. The Morgan fingerprint density at radius 1 is 1.03 bits per heavy atom. The summed E-state index contributed by atoms with van der Waals surface area (Å²) in [6.45, 7) is 4.25. The molecule has 8 nitrogen and oxygen atoms in total. The Morgan fingerprint density at radius 3 is 2.35 bits per heavy atom. The summed E-state index contributed by atoms with van der Waals surface area (Å²) in [5.74, 6) is 0.0215. The summed E-state index contributed by atoms with van der Waals surface area (Å²) in [5.41, 5.74) is -0.443. The van der Waals surface area contributed by atoms with Crippen LogP contribution in [0.4, 0.5) is 0 Å². The number of amides is 3. The lowest BCUT2D eigenvalue weighted by Crippen LogP contribution is -2.63. The fourth-order valence-corrected chi connectivity index (χ4v) is 5.09. The van der Waals surface area contributed by atoms with Crippen molar-refractivity contribution >= 4 is 17.7 Å². The molecular weight excluding hydrogens is 394 g/mol. The van der Waals surface area contributed by atoms with Crippen LogP contribution in [0.2, 0.25) is 0 Å². The van der Waals surface area contributed by atoms with Gasteiger partial charge in [-0.3, -0.25) is 19.1 Å². The second-order valence-electron chi connectivity index (χ2n) is 9.95. The van der Waals surface area contributed by atoms with E-state index < -0.39 is 5.54 Å². The molecule has 3 amide bonds. The zero-order chi connectivity index (χ0) is 22.2. The molecule has 31 heavy (non-hydrogen) atoms. The number of rotatable bonds is 4. The smallest absolute Gasteiger partial charge is 0.272 e. The van der Waals surface area contributed by atoms with Crippen LogP contribution in [0.3, 0.4) is 0 Å². The fourth-order valence-electron chi connectivity index (χ4n) is 5.09. The fraction of sp³-hybridized carbons (Fsp3) is 0.739. The third-order valence-electron chi connectivity index (χ3n) is 7.51. The molecular formula is C23H35N5O3. The van der Waals surface area contributed by atoms with Crippen molar-refractivity contribution in [2.24, 2.45) is 5.92 Å². The molecule has 2 aliphatic carbocycles. The summed E-state index contributed by atoms with van der Waals surface area (Å²) in [6.07, 6.45) is 9.60. The van der Waals surface area contributed by atoms with Gasteiger partial charge in [0, 0.05) is 25.2 Å². The van der Waals surface area contributed by atoms with Crippen molar-refractivity contribution in [3.8, 4) is 0 Å². The molecule has 4 rings (SSSR count). The first-order valence-corrected chi connectivity index (χ1v) is 11.8. The van der Waals surface area contributed by atoms with E-state index in [2.05, 4.69) is 22.7 Å². The number of hydrogen-bond acceptors (Lipinski definition) is 4. The molecule has 0 radical (unpaired) electrons. The summed E-state index contributed by atoms with van der Waals surface area (Å²) in [4.78, 5) is 40.5. The minimum absolute atomic E-state index is 0.154. The van der Waals surface area contributed by atoms with Crippen molar-refractivity contribution in [2.45, 2.75) is 95.8 Å². The van der Waals surface area contributed by atoms with E-state index in [0.717, 1.165) is 51.4 Å². The van der Waals surface area contributed by atoms with Crippen LogP contribution in [0, 0.1) is 5.92 Å². The molecule has 0 spiro atoms. The minimum atomic E-state index is -1.04. The van der Waals surface area contributed by atoms with E-state index in [1.54, 1.807) is 20.0 Å². The van der Waals surface area contributed by atoms with Crippen LogP contribution < -0.4 is 10.6 Å². The van der Waals surface area contributed by atoms with Crippen LogP contribution in [0.5, 0.6) is 0 Å². The van der Waals surface area contributed by atoms with Crippen molar-refractivity contribution in [1.82, 2.24) is 25.3 Å². The van der Waals surface area contributed by atoms with Crippen molar-refractivity contribution in [3.05, 3.63) is 17.5 Å². The lowest BCUT2D eigenvalue weighted by atomic mass is 9.87. The average Bonchev–Trinajstić information content (AvgIpc) is 3.18. The second kappa shape index (κ2) is 8.63. The Bertz CT molecular complexity index is 851. The van der Waals surface area contributed by atoms with E-state index in [-0.39, 0.29) is 42.0 Å². The second-order valence-corrected chi connectivity index (χ2v) is 9.95. The van der Waals surface area contributed by atoms with Crippen molar-refractivity contribution in [2.75, 3.05) is 7.05 Å². The largest absolute Gasteiger partial charge is 0.351 e. The molecule has 2 heterocycles. The zero-order valence-electron chi connectivity index (χ0n) is 18.9. The molecule has 1 aromatic rings. The molecule has 0 unspecified atom stereocenters. The van der Waals surface area contributed by atoms with Gasteiger partial charge in [0.15, 0.2) is 5.69 Å². The highest BCUT2D eigenvalue weighted by Crippen LogP contribution is 2.28. The maximum Gasteiger partial charge on any atom is 0.272 e. The molecule has 1 aromatic heterocycles. The predicted molar refractivity (Wildman–Crippen MR) is 117 cm³/mol. The predicted octanol–water partition coefficient (Wildman–Crippen LogP) is 2.48. The van der Waals surface area contributed by atoms with E-state index in [1.807, 2.05) is 0 Å². The number of likely N-dealkylation sites (N-methyl/N-ethyl adjacent to an activating group) is 1. The number of carbonyl (C=O) groups is 3. The third-order valence-corrected chi connectivity index (χ3v) is 7.51. The van der Waals surface area contributed by atoms with E-state index in [9.17, 15) is 14.4 Å². The van der Waals surface area contributed by atoms with E-state index in [4.69, 9.17) is 0 Å². The van der Waals surface area contributed by atoms with Crippen LogP contribution in [-0.2, 0) is 11.3 Å². The van der Waals surface area contributed by atoms with Crippen molar-refractivity contribution in [3.63, 3.8) is 0 Å². The SMILES string of the molecule is CC1CCC(NC(=O)c2cc3n(n2)C[C@](C)(C(=O)NC2CCCCC2)N(C)C3=O)CC1. The summed E-state index contributed by atoms with van der Waals surface area (Å²) >= 11 is 0. The maximum absolute atomic E-state index is 13.2. The van der Waals surface area contributed by atoms with E-state index in [1.165, 1.54) is 16.0 Å². The number of hydrogen-bond donors (Lipinski definition) is 2. The van der Waals surface area contributed by atoms with Gasteiger partial charge in [0.05, 0.1) is 6.54 Å². The van der Waals surface area contributed by atoms with Crippen molar-refractivity contribution < 1.29 is 14.4 Å². The van der Waals surface area contributed by atoms with Gasteiger partial charge in [0.25, 0.3) is 11.8 Å². The summed E-state index contributed by atoms with van der Waals surface area (Å²) in [7, 11) is 1.65. The van der Waals surface area contributed by atoms with Gasteiger partial charge in [-0.15, -0.1) is 0 Å². The Labute approximate surface area is 184 Å². The highest BCUT2D eigenvalue weighted by Gasteiger charge is 2.46. The number of nitrogens with one attached hydrogen (secondary N) is 2. The van der Waals surface area contributed by atoms with Gasteiger partial charge in [-0.2, -0.15) is 5.10 Å². The molecule has 8 heteroatoms. The van der Waals surface area contributed by atoms with Crippen LogP contribution in [0.1, 0.15) is 92.6 Å². The molecule has 1 aliphatic heterocycles. The average molecular weight is 430 g/mol. The van der Waals surface area contributed by atoms with Gasteiger partial charge in [0.2, 0.25) is 5.91 Å². The number of carbonyl (C=O) groups excluding carboxylic acids is 3. The Morgan fingerprint density at radius 2 is 1.68 bits per heavy atom. The summed E-state index contributed by atoms with van der Waals surface area (Å²) in [5, 5.41) is 10.6. The van der Waals surface area contributed by atoms with Gasteiger partial charge in [0.1, 0.15) is 11.2 Å². The standard InChI is InChI=1S/C23H35N5O3/c1-15-9-11-17(12-10-15)24-20(29)18-13-19-21(30)27(3)23(2,14-28(19)26-18)22(31)25-16-7-5-4-6-8-16/h13,15-17H,4-12,14H2,1-3H3,(H,24,29)(H,25,31)/t15?,17?,23-/m1/s1. The first-order valence-electron chi connectivity index (χ1n) is 11.8. The summed E-state index contributed by atoms with van der Waals surface area (Å²) in [6, 6.07) is 1.88. The number of fused-ring (bicyclic) bond motifs is 1. The third kappa shape index (κ3) is 4.34. The highest BCUT2D eigenvalue weighted by atomic mass is 16.2. The van der Waals surface area contributed by atoms with E-state index in [0.29, 0.717) is 11.6 Å². The molecule has 2 saturated carbocycles. The highest BCUT2D eigenvalue weighted by molar-refractivity contribution is 6.01. The van der Waals surface area contributed by atoms with Gasteiger partial charge >= 0.3 is 0 Å². The lowest BCUT2D eigenvalue weighted by molar-refractivity contribution is -0.133. The van der Waals surface area contributed by atoms with Gasteiger partial charge in [-0.05, 0) is 51.4 Å². The van der Waals surface area contributed by atoms with Gasteiger partial charge < -0.3 is 15.5 Å². The lowest BCUT2D eigenvalue weighted by Gasteiger charge is -2.41. The van der Waals surface area contributed by atoms with Crippen molar-refractivity contribution in [1.29, 1.82) is 0 Å². The molecule has 0 bridgehead atoms. The van der Waals surface area contributed by atoms with Crippen LogP contribution in [-0.4, -0.2) is 57.1 Å². The Hall–Kier alpha value is -2.38. The van der Waals surface area contributed by atoms with Crippen LogP contribution >= 0.6 is 0 Å². The van der Waals surface area contributed by atoms with Crippen LogP contribution in [0.15, 0.2) is 6.07 Å². The maximum atomic E-state index is 13.2. The number of nitrogens with zero attached hydrogens (tertiary/aromatic N) is 3. The topological polar surface area (TPSA) is 96.3 Å². The molecule has 2 fully saturated rings. The molecule has 1 atom stereocenters. The van der Waals surface area contributed by atoms with Gasteiger partial charge in [-0.25, -0.2) is 0 Å². The van der Waals surface area contributed by atoms with Gasteiger partial charge in [-0.1, -0.05) is 26.2 Å².